The van der Waals surface area contributed by atoms with Gasteiger partial charge in [0.25, 0.3) is 10.0 Å². The number of amidine groups is 1. The maximum atomic E-state index is 12.9. The summed E-state index contributed by atoms with van der Waals surface area (Å²) < 4.78 is 34.8. The molecule has 2 aromatic carbocycles. The normalized spacial score (nSPS) is 19.9. The van der Waals surface area contributed by atoms with E-state index in [1.165, 1.54) is 24.1 Å². The molecule has 0 saturated carbocycles. The summed E-state index contributed by atoms with van der Waals surface area (Å²) in [6.45, 7) is 0.986. The number of amides is 2. The molecule has 0 bridgehead atoms. The number of sulfonamides is 1. The summed E-state index contributed by atoms with van der Waals surface area (Å²) in [7, 11) is -0.554. The van der Waals surface area contributed by atoms with Gasteiger partial charge in [-0.05, 0) is 36.8 Å². The van der Waals surface area contributed by atoms with Crippen molar-refractivity contribution in [3.05, 3.63) is 48.5 Å². The Morgan fingerprint density at radius 2 is 1.97 bits per heavy atom. The van der Waals surface area contributed by atoms with Gasteiger partial charge in [0.05, 0.1) is 23.6 Å². The topological polar surface area (TPSA) is 108 Å². The Labute approximate surface area is 193 Å². The van der Waals surface area contributed by atoms with Gasteiger partial charge >= 0.3 is 0 Å². The van der Waals surface area contributed by atoms with Gasteiger partial charge in [0.2, 0.25) is 11.8 Å². The maximum Gasteiger partial charge on any atom is 0.284 e. The lowest BCUT2D eigenvalue weighted by molar-refractivity contribution is -0.122. The first-order valence-corrected chi connectivity index (χ1v) is 12.1. The van der Waals surface area contributed by atoms with E-state index in [0.29, 0.717) is 29.4 Å². The van der Waals surface area contributed by atoms with Crippen LogP contribution in [0.25, 0.3) is 0 Å². The van der Waals surface area contributed by atoms with Gasteiger partial charge in [-0.25, -0.2) is 0 Å². The van der Waals surface area contributed by atoms with Crippen molar-refractivity contribution in [3.63, 3.8) is 0 Å². The fourth-order valence-electron chi connectivity index (χ4n) is 4.05. The van der Waals surface area contributed by atoms with E-state index >= 15 is 0 Å². The summed E-state index contributed by atoms with van der Waals surface area (Å²) in [6.07, 6.45) is 1.54. The third-order valence-electron chi connectivity index (χ3n) is 5.83. The summed E-state index contributed by atoms with van der Waals surface area (Å²) in [4.78, 5) is 28.8. The summed E-state index contributed by atoms with van der Waals surface area (Å²) in [5.41, 5.74) is 0.952. The van der Waals surface area contributed by atoms with E-state index in [0.717, 1.165) is 13.0 Å². The van der Waals surface area contributed by atoms with E-state index in [9.17, 15) is 18.0 Å². The Morgan fingerprint density at radius 1 is 1.18 bits per heavy atom. The van der Waals surface area contributed by atoms with Crippen LogP contribution in [0.1, 0.15) is 19.3 Å². The van der Waals surface area contributed by atoms with Gasteiger partial charge in [0.1, 0.15) is 11.6 Å². The minimum atomic E-state index is -3.90. The predicted octanol–water partition coefficient (Wildman–Crippen LogP) is 2.50. The number of nitrogens with one attached hydrogen (secondary N) is 1. The molecule has 0 aliphatic carbocycles. The molecule has 2 amide bonds. The van der Waals surface area contributed by atoms with Crippen LogP contribution < -0.4 is 15.0 Å². The lowest BCUT2D eigenvalue weighted by Crippen LogP contribution is -2.28. The van der Waals surface area contributed by atoms with Crippen LogP contribution in [0.5, 0.6) is 5.75 Å². The first-order chi connectivity index (χ1) is 15.8. The molecular weight excluding hydrogens is 444 g/mol. The van der Waals surface area contributed by atoms with Crippen molar-refractivity contribution in [2.24, 2.45) is 10.3 Å². The standard InChI is InChI=1S/C23H26N4O5S/c1-26-12-6-11-21(26)25-33(30,31)18-8-5-7-17(14-18)24-23(29)16-13-22(28)27(15-16)19-9-3-4-10-20(19)32-2/h3-5,7-10,14,16H,6,11-13,15H2,1-2H3,(H,24,29)/b25-21-. The molecule has 0 aromatic heterocycles. The molecule has 0 spiro atoms. The largest absolute Gasteiger partial charge is 0.495 e. The maximum absolute atomic E-state index is 12.9. The third kappa shape index (κ3) is 4.85. The summed E-state index contributed by atoms with van der Waals surface area (Å²) in [5.74, 6) is -0.00985. The van der Waals surface area contributed by atoms with Crippen LogP contribution in [-0.2, 0) is 19.6 Å². The Balaban J connectivity index is 1.48. The number of nitrogens with zero attached hydrogens (tertiary/aromatic N) is 3. The van der Waals surface area contributed by atoms with Crippen molar-refractivity contribution in [2.75, 3.05) is 37.5 Å². The van der Waals surface area contributed by atoms with E-state index in [1.807, 2.05) is 18.0 Å². The Morgan fingerprint density at radius 3 is 2.70 bits per heavy atom. The SMILES string of the molecule is COc1ccccc1N1CC(C(=O)Nc2cccc(S(=O)(=O)/N=C3/CCCN3C)c2)CC1=O. The molecule has 2 saturated heterocycles. The first-order valence-electron chi connectivity index (χ1n) is 10.7. The zero-order valence-corrected chi connectivity index (χ0v) is 19.3. The Hall–Kier alpha value is -3.40. The van der Waals surface area contributed by atoms with Gasteiger partial charge in [0, 0.05) is 38.7 Å². The van der Waals surface area contributed by atoms with Gasteiger partial charge < -0.3 is 19.9 Å². The number of benzene rings is 2. The molecule has 1 atom stereocenters. The second kappa shape index (κ2) is 9.22. The molecule has 0 radical (unpaired) electrons. The zero-order chi connectivity index (χ0) is 23.6. The Kier molecular flexibility index (Phi) is 6.37. The molecule has 9 nitrogen and oxygen atoms in total. The zero-order valence-electron chi connectivity index (χ0n) is 18.5. The molecule has 10 heteroatoms. The molecular formula is C23H26N4O5S. The number of likely N-dealkylation sites (tertiary alicyclic amines) is 1. The van der Waals surface area contributed by atoms with Crippen LogP contribution in [0.4, 0.5) is 11.4 Å². The van der Waals surface area contributed by atoms with Gasteiger partial charge in [-0.15, -0.1) is 4.40 Å². The highest BCUT2D eigenvalue weighted by atomic mass is 32.2. The fraction of sp³-hybridized carbons (Fsp3) is 0.348. The van der Waals surface area contributed by atoms with E-state index in [2.05, 4.69) is 9.71 Å². The highest BCUT2D eigenvalue weighted by molar-refractivity contribution is 7.90. The van der Waals surface area contributed by atoms with Crippen LogP contribution in [-0.4, -0.2) is 58.2 Å². The van der Waals surface area contributed by atoms with Crippen LogP contribution in [0.15, 0.2) is 57.8 Å². The minimum Gasteiger partial charge on any atom is -0.495 e. The lowest BCUT2D eigenvalue weighted by atomic mass is 10.1. The number of para-hydroxylation sites is 2. The van der Waals surface area contributed by atoms with Crippen molar-refractivity contribution in [3.8, 4) is 5.75 Å². The number of carbonyl (C=O) groups is 2. The Bertz CT molecular complexity index is 1210. The first kappa shape index (κ1) is 22.8. The highest BCUT2D eigenvalue weighted by Crippen LogP contribution is 2.33. The van der Waals surface area contributed by atoms with Crippen LogP contribution in [0.3, 0.4) is 0 Å². The predicted molar refractivity (Wildman–Crippen MR) is 125 cm³/mol. The highest BCUT2D eigenvalue weighted by Gasteiger charge is 2.36. The van der Waals surface area contributed by atoms with Crippen molar-refractivity contribution >= 4 is 39.0 Å². The fourth-order valence-corrected chi connectivity index (χ4v) is 5.19. The summed E-state index contributed by atoms with van der Waals surface area (Å²) in [6, 6.07) is 13.2. The molecule has 2 fully saturated rings. The van der Waals surface area contributed by atoms with E-state index in [4.69, 9.17) is 4.74 Å². The molecule has 1 N–H and O–H groups in total. The molecule has 33 heavy (non-hydrogen) atoms. The van der Waals surface area contributed by atoms with Crippen molar-refractivity contribution in [1.29, 1.82) is 0 Å². The smallest absolute Gasteiger partial charge is 0.284 e. The third-order valence-corrected chi connectivity index (χ3v) is 7.13. The average Bonchev–Trinajstić information content (AvgIpc) is 3.38. The number of methoxy groups -OCH3 is 1. The van der Waals surface area contributed by atoms with E-state index in [1.54, 1.807) is 30.3 Å². The van der Waals surface area contributed by atoms with Crippen LogP contribution in [0, 0.1) is 5.92 Å². The quantitative estimate of drug-likeness (QED) is 0.695. The number of carbonyl (C=O) groups excluding carboxylic acids is 2. The number of rotatable bonds is 6. The molecule has 174 valence electrons. The molecule has 2 heterocycles. The number of hydrogen-bond acceptors (Lipinski definition) is 5. The van der Waals surface area contributed by atoms with E-state index in [-0.39, 0.29) is 29.7 Å². The molecule has 4 rings (SSSR count). The van der Waals surface area contributed by atoms with Crippen molar-refractivity contribution in [1.82, 2.24) is 4.90 Å². The van der Waals surface area contributed by atoms with Crippen molar-refractivity contribution < 1.29 is 22.7 Å². The molecule has 2 aliphatic rings. The summed E-state index contributed by atoms with van der Waals surface area (Å²) in [5, 5.41) is 2.75. The second-order valence-electron chi connectivity index (χ2n) is 8.10. The van der Waals surface area contributed by atoms with Crippen LogP contribution >= 0.6 is 0 Å². The molecule has 2 aromatic rings. The average molecular weight is 471 g/mol. The van der Waals surface area contributed by atoms with Gasteiger partial charge in [0.15, 0.2) is 0 Å². The minimum absolute atomic E-state index is 0.00578. The summed E-state index contributed by atoms with van der Waals surface area (Å²) >= 11 is 0. The van der Waals surface area contributed by atoms with E-state index < -0.39 is 15.9 Å². The van der Waals surface area contributed by atoms with Crippen LogP contribution in [0.2, 0.25) is 0 Å². The number of ether oxygens (including phenoxy) is 1. The monoisotopic (exact) mass is 470 g/mol. The second-order valence-corrected chi connectivity index (χ2v) is 9.71. The van der Waals surface area contributed by atoms with Gasteiger partial charge in [-0.1, -0.05) is 18.2 Å². The lowest BCUT2D eigenvalue weighted by Gasteiger charge is -2.19. The van der Waals surface area contributed by atoms with Gasteiger partial charge in [-0.3, -0.25) is 9.59 Å². The molecule has 2 aliphatic heterocycles. The van der Waals surface area contributed by atoms with Gasteiger partial charge in [-0.2, -0.15) is 8.42 Å². The molecule has 1 unspecified atom stereocenters. The number of anilines is 2. The number of hydrogen-bond donors (Lipinski definition) is 1. The van der Waals surface area contributed by atoms with Crippen molar-refractivity contribution in [2.45, 2.75) is 24.2 Å².